The third kappa shape index (κ3) is 4.62. The van der Waals surface area contributed by atoms with Crippen molar-refractivity contribution in [3.63, 3.8) is 0 Å². The van der Waals surface area contributed by atoms with Crippen LogP contribution < -0.4 is 14.9 Å². The Bertz CT molecular complexity index is 1780. The molecule has 0 bridgehead atoms. The first-order valence-electron chi connectivity index (χ1n) is 11.5. The van der Waals surface area contributed by atoms with Crippen LogP contribution >= 0.6 is 22.9 Å². The van der Waals surface area contributed by atoms with Crippen LogP contribution in [-0.2, 0) is 14.3 Å². The van der Waals surface area contributed by atoms with Gasteiger partial charge in [0.1, 0.15) is 11.5 Å². The number of esters is 2. The number of carbonyl (C=O) groups excluding carboxylic acids is 2. The summed E-state index contributed by atoms with van der Waals surface area (Å²) in [5.74, 6) is 0.00259. The quantitative estimate of drug-likeness (QED) is 0.348. The number of ether oxygens (including phenoxy) is 2. The summed E-state index contributed by atoms with van der Waals surface area (Å²) in [5.41, 5.74) is 2.10. The lowest BCUT2D eigenvalue weighted by molar-refractivity contribution is -0.136. The lowest BCUT2D eigenvalue weighted by Gasteiger charge is -2.24. The fourth-order valence-corrected chi connectivity index (χ4v) is 5.50. The van der Waals surface area contributed by atoms with E-state index in [1.165, 1.54) is 30.1 Å². The number of carbonyl (C=O) groups is 2. The highest BCUT2D eigenvalue weighted by Gasteiger charge is 2.33. The molecule has 0 aliphatic carbocycles. The number of fused-ring (bicyclic) bond motifs is 1. The van der Waals surface area contributed by atoms with Gasteiger partial charge in [-0.15, -0.1) is 0 Å². The number of nitrogens with zero attached hydrogens (tertiary/aromatic N) is 2. The molecule has 10 heteroatoms. The highest BCUT2D eigenvalue weighted by atomic mass is 35.5. The Morgan fingerprint density at radius 3 is 2.47 bits per heavy atom. The maximum atomic E-state index is 13.7. The van der Waals surface area contributed by atoms with Crippen LogP contribution in [0.1, 0.15) is 34.6 Å². The molecule has 0 saturated carbocycles. The summed E-state index contributed by atoms with van der Waals surface area (Å²) in [6.07, 6.45) is 1.65. The second-order valence-corrected chi connectivity index (χ2v) is 9.84. The SMILES string of the molecule is COC(=O)C1=C(C)N=c2s/c(=C/c3ccc(-c4cccc(Cl)c4)o3)c(=O)n2C1c1ccc(C(=O)OC)cc1. The Labute approximate surface area is 225 Å². The Hall–Kier alpha value is -4.21. The Morgan fingerprint density at radius 1 is 1.05 bits per heavy atom. The number of hydrogen-bond donors (Lipinski definition) is 0. The van der Waals surface area contributed by atoms with Gasteiger partial charge in [0.15, 0.2) is 4.80 Å². The summed E-state index contributed by atoms with van der Waals surface area (Å²) in [4.78, 5) is 43.4. The number of allylic oxidation sites excluding steroid dienone is 1. The van der Waals surface area contributed by atoms with Crippen molar-refractivity contribution in [2.75, 3.05) is 14.2 Å². The second-order valence-electron chi connectivity index (χ2n) is 8.40. The molecule has 0 N–H and O–H groups in total. The van der Waals surface area contributed by atoms with Gasteiger partial charge in [-0.3, -0.25) is 9.36 Å². The molecule has 2 aromatic heterocycles. The van der Waals surface area contributed by atoms with E-state index < -0.39 is 18.0 Å². The van der Waals surface area contributed by atoms with E-state index in [4.69, 9.17) is 25.5 Å². The molecule has 0 spiro atoms. The van der Waals surface area contributed by atoms with Crippen molar-refractivity contribution in [3.8, 4) is 11.3 Å². The largest absolute Gasteiger partial charge is 0.466 e. The van der Waals surface area contributed by atoms with Crippen molar-refractivity contribution in [2.24, 2.45) is 4.99 Å². The zero-order valence-corrected chi connectivity index (χ0v) is 22.1. The van der Waals surface area contributed by atoms with E-state index in [2.05, 4.69) is 4.99 Å². The van der Waals surface area contributed by atoms with Gasteiger partial charge >= 0.3 is 11.9 Å². The molecule has 1 aliphatic heterocycles. The monoisotopic (exact) mass is 548 g/mol. The first-order valence-corrected chi connectivity index (χ1v) is 12.6. The van der Waals surface area contributed by atoms with E-state index in [-0.39, 0.29) is 11.1 Å². The molecule has 1 atom stereocenters. The number of rotatable bonds is 5. The topological polar surface area (TPSA) is 100 Å². The third-order valence-electron chi connectivity index (χ3n) is 6.08. The van der Waals surface area contributed by atoms with Crippen LogP contribution in [-0.4, -0.2) is 30.7 Å². The number of thiazole rings is 1. The number of halogens is 1. The number of methoxy groups -OCH3 is 2. The van der Waals surface area contributed by atoms with Crippen LogP contribution in [0.2, 0.25) is 5.02 Å². The lowest BCUT2D eigenvalue weighted by atomic mass is 9.95. The Balaban J connectivity index is 1.63. The van der Waals surface area contributed by atoms with Crippen molar-refractivity contribution < 1.29 is 23.5 Å². The number of aromatic nitrogens is 1. The Morgan fingerprint density at radius 2 is 1.79 bits per heavy atom. The maximum Gasteiger partial charge on any atom is 0.338 e. The molecule has 5 rings (SSSR count). The summed E-state index contributed by atoms with van der Waals surface area (Å²) in [6, 6.07) is 16.6. The predicted octanol–water partition coefficient (Wildman–Crippen LogP) is 4.11. The van der Waals surface area contributed by atoms with Crippen LogP contribution in [0.5, 0.6) is 0 Å². The predicted molar refractivity (Wildman–Crippen MR) is 143 cm³/mol. The lowest BCUT2D eigenvalue weighted by Crippen LogP contribution is -2.39. The minimum atomic E-state index is -0.800. The normalized spacial score (nSPS) is 15.2. The standard InChI is InChI=1S/C28H21ClN2O6S/c1-15-23(27(34)36-3)24(16-7-9-17(10-8-16)26(33)35-2)31-25(32)22(38-28(31)30-15)14-20-11-12-21(37-20)18-5-4-6-19(29)13-18/h4-14,24H,1-3H3/b22-14+. The molecule has 38 heavy (non-hydrogen) atoms. The number of furan rings is 1. The fraction of sp³-hybridized carbons (Fsp3) is 0.143. The summed E-state index contributed by atoms with van der Waals surface area (Å²) in [6.45, 7) is 1.70. The van der Waals surface area contributed by atoms with Crippen molar-refractivity contribution in [1.29, 1.82) is 0 Å². The first-order chi connectivity index (χ1) is 18.3. The number of benzene rings is 2. The van der Waals surface area contributed by atoms with Crippen LogP contribution in [0.3, 0.4) is 0 Å². The van der Waals surface area contributed by atoms with Gasteiger partial charge in [0.2, 0.25) is 0 Å². The molecule has 0 fully saturated rings. The second kappa shape index (κ2) is 10.3. The van der Waals surface area contributed by atoms with Crippen LogP contribution in [0.15, 0.2) is 86.1 Å². The van der Waals surface area contributed by atoms with Gasteiger partial charge in [-0.25, -0.2) is 14.6 Å². The van der Waals surface area contributed by atoms with E-state index in [1.54, 1.807) is 61.5 Å². The summed E-state index contributed by atoms with van der Waals surface area (Å²) in [7, 11) is 2.58. The highest BCUT2D eigenvalue weighted by molar-refractivity contribution is 7.07. The van der Waals surface area contributed by atoms with Gasteiger partial charge in [0.05, 0.1) is 41.6 Å². The molecule has 4 aromatic rings. The smallest absolute Gasteiger partial charge is 0.338 e. The average Bonchev–Trinajstić information content (AvgIpc) is 3.51. The average molecular weight is 549 g/mol. The first kappa shape index (κ1) is 25.4. The van der Waals surface area contributed by atoms with Crippen LogP contribution in [0.25, 0.3) is 17.4 Å². The zero-order chi connectivity index (χ0) is 27.0. The third-order valence-corrected chi connectivity index (χ3v) is 7.30. The van der Waals surface area contributed by atoms with E-state index in [0.29, 0.717) is 42.7 Å². The van der Waals surface area contributed by atoms with E-state index in [9.17, 15) is 14.4 Å². The molecular weight excluding hydrogens is 528 g/mol. The fourth-order valence-electron chi connectivity index (χ4n) is 4.28. The van der Waals surface area contributed by atoms with Gasteiger partial charge in [-0.05, 0) is 48.9 Å². The molecule has 192 valence electrons. The minimum absolute atomic E-state index is 0.235. The van der Waals surface area contributed by atoms with E-state index in [0.717, 1.165) is 5.56 Å². The molecule has 1 aliphatic rings. The van der Waals surface area contributed by atoms with Gasteiger partial charge in [-0.2, -0.15) is 0 Å². The molecule has 0 amide bonds. The van der Waals surface area contributed by atoms with Crippen LogP contribution in [0.4, 0.5) is 0 Å². The van der Waals surface area contributed by atoms with Crippen molar-refractivity contribution in [3.05, 3.63) is 114 Å². The van der Waals surface area contributed by atoms with Gasteiger partial charge in [0.25, 0.3) is 5.56 Å². The maximum absolute atomic E-state index is 13.7. The highest BCUT2D eigenvalue weighted by Crippen LogP contribution is 2.31. The zero-order valence-electron chi connectivity index (χ0n) is 20.6. The van der Waals surface area contributed by atoms with Crippen molar-refractivity contribution in [2.45, 2.75) is 13.0 Å². The van der Waals surface area contributed by atoms with Gasteiger partial charge in [0, 0.05) is 16.7 Å². The van der Waals surface area contributed by atoms with Gasteiger partial charge in [-0.1, -0.05) is 47.2 Å². The van der Waals surface area contributed by atoms with Crippen molar-refractivity contribution >= 4 is 41.0 Å². The summed E-state index contributed by atoms with van der Waals surface area (Å²) >= 11 is 7.29. The molecule has 1 unspecified atom stereocenters. The van der Waals surface area contributed by atoms with Gasteiger partial charge < -0.3 is 13.9 Å². The van der Waals surface area contributed by atoms with E-state index in [1.807, 2.05) is 12.1 Å². The van der Waals surface area contributed by atoms with E-state index >= 15 is 0 Å². The molecule has 0 radical (unpaired) electrons. The minimum Gasteiger partial charge on any atom is -0.466 e. The summed E-state index contributed by atoms with van der Waals surface area (Å²) in [5, 5.41) is 0.588. The molecular formula is C28H21ClN2O6S. The van der Waals surface area contributed by atoms with Crippen LogP contribution in [0, 0.1) is 0 Å². The molecule has 8 nitrogen and oxygen atoms in total. The molecule has 0 saturated heterocycles. The van der Waals surface area contributed by atoms with Crippen molar-refractivity contribution in [1.82, 2.24) is 4.57 Å². The molecule has 3 heterocycles. The number of hydrogen-bond acceptors (Lipinski definition) is 8. The Kier molecular flexibility index (Phi) is 6.88. The molecule has 2 aromatic carbocycles. The summed E-state index contributed by atoms with van der Waals surface area (Å²) < 4.78 is 17.6.